The van der Waals surface area contributed by atoms with E-state index in [2.05, 4.69) is 14.7 Å². The Morgan fingerprint density at radius 1 is 1.04 bits per heavy atom. The maximum absolute atomic E-state index is 12.3. The number of hydrogen-bond donors (Lipinski definition) is 1. The van der Waals surface area contributed by atoms with Crippen molar-refractivity contribution < 1.29 is 19.0 Å². The average Bonchev–Trinajstić information content (AvgIpc) is 3.21. The zero-order valence-corrected chi connectivity index (χ0v) is 17.2. The van der Waals surface area contributed by atoms with Gasteiger partial charge in [0.2, 0.25) is 5.91 Å². The number of carbonyl (C=O) groups is 1. The molecule has 1 aromatic heterocycles. The molecule has 3 rings (SSSR count). The van der Waals surface area contributed by atoms with Gasteiger partial charge >= 0.3 is 0 Å². The summed E-state index contributed by atoms with van der Waals surface area (Å²) in [5.74, 6) is 2.66. The standard InChI is InChI=1S/C19H19N3O4S2/c1-24-13-6-4-12(5-7-13)18-21-19(28-22-18)27-11-17(23)20-15-9-8-14(25-2)10-16(15)26-3/h4-10H,11H2,1-3H3,(H,20,23). The van der Waals surface area contributed by atoms with Gasteiger partial charge in [0.05, 0.1) is 32.8 Å². The van der Waals surface area contributed by atoms with Crippen molar-refractivity contribution in [2.24, 2.45) is 0 Å². The van der Waals surface area contributed by atoms with Gasteiger partial charge in [0.25, 0.3) is 0 Å². The number of benzene rings is 2. The number of anilines is 1. The smallest absolute Gasteiger partial charge is 0.234 e. The molecule has 0 aliphatic carbocycles. The van der Waals surface area contributed by atoms with Crippen molar-refractivity contribution in [3.05, 3.63) is 42.5 Å². The van der Waals surface area contributed by atoms with Crippen LogP contribution in [-0.4, -0.2) is 42.3 Å². The Morgan fingerprint density at radius 3 is 2.43 bits per heavy atom. The van der Waals surface area contributed by atoms with Crippen LogP contribution in [0.25, 0.3) is 11.4 Å². The lowest BCUT2D eigenvalue weighted by molar-refractivity contribution is -0.113. The second-order valence-electron chi connectivity index (χ2n) is 5.52. The molecule has 7 nitrogen and oxygen atoms in total. The van der Waals surface area contributed by atoms with Crippen LogP contribution < -0.4 is 19.5 Å². The highest BCUT2D eigenvalue weighted by Crippen LogP contribution is 2.30. The number of thioether (sulfide) groups is 1. The van der Waals surface area contributed by atoms with Gasteiger partial charge in [-0.25, -0.2) is 4.98 Å². The van der Waals surface area contributed by atoms with E-state index >= 15 is 0 Å². The lowest BCUT2D eigenvalue weighted by Gasteiger charge is -2.11. The molecular formula is C19H19N3O4S2. The van der Waals surface area contributed by atoms with Crippen molar-refractivity contribution >= 4 is 34.9 Å². The third-order valence-corrected chi connectivity index (χ3v) is 5.60. The van der Waals surface area contributed by atoms with Gasteiger partial charge in [-0.05, 0) is 47.9 Å². The first-order valence-corrected chi connectivity index (χ1v) is 10.0. The van der Waals surface area contributed by atoms with Crippen molar-refractivity contribution in [2.75, 3.05) is 32.4 Å². The monoisotopic (exact) mass is 417 g/mol. The van der Waals surface area contributed by atoms with Crippen LogP contribution in [0.3, 0.4) is 0 Å². The molecule has 1 amide bonds. The number of methoxy groups -OCH3 is 3. The Morgan fingerprint density at radius 2 is 1.75 bits per heavy atom. The first-order valence-electron chi connectivity index (χ1n) is 8.25. The number of aromatic nitrogens is 2. The summed E-state index contributed by atoms with van der Waals surface area (Å²) in [4.78, 5) is 16.8. The maximum atomic E-state index is 12.3. The van der Waals surface area contributed by atoms with E-state index < -0.39 is 0 Å². The number of nitrogens with one attached hydrogen (secondary N) is 1. The quantitative estimate of drug-likeness (QED) is 0.556. The molecule has 3 aromatic rings. The van der Waals surface area contributed by atoms with Crippen molar-refractivity contribution in [1.29, 1.82) is 0 Å². The molecule has 0 aliphatic rings. The highest BCUT2D eigenvalue weighted by atomic mass is 32.2. The van der Waals surface area contributed by atoms with Crippen LogP contribution in [0.15, 0.2) is 46.8 Å². The van der Waals surface area contributed by atoms with Crippen LogP contribution >= 0.6 is 23.3 Å². The third-order valence-electron chi connectivity index (χ3n) is 3.77. The number of amides is 1. The van der Waals surface area contributed by atoms with Gasteiger partial charge in [0.1, 0.15) is 17.2 Å². The van der Waals surface area contributed by atoms with Gasteiger partial charge in [-0.2, -0.15) is 4.37 Å². The van der Waals surface area contributed by atoms with E-state index in [4.69, 9.17) is 14.2 Å². The second kappa shape index (κ2) is 9.43. The Labute approximate surface area is 171 Å². The molecule has 0 unspecified atom stereocenters. The highest BCUT2D eigenvalue weighted by Gasteiger charge is 2.12. The topological polar surface area (TPSA) is 82.6 Å². The molecule has 1 N–H and O–H groups in total. The summed E-state index contributed by atoms with van der Waals surface area (Å²) in [7, 11) is 4.74. The van der Waals surface area contributed by atoms with Crippen LogP contribution in [-0.2, 0) is 4.79 Å². The van der Waals surface area contributed by atoms with E-state index in [0.29, 0.717) is 23.0 Å². The molecule has 0 saturated heterocycles. The predicted molar refractivity (Wildman–Crippen MR) is 111 cm³/mol. The van der Waals surface area contributed by atoms with Crippen LogP contribution in [0.2, 0.25) is 0 Å². The van der Waals surface area contributed by atoms with Crippen molar-refractivity contribution in [3.8, 4) is 28.6 Å². The van der Waals surface area contributed by atoms with Gasteiger partial charge in [0, 0.05) is 11.6 Å². The lowest BCUT2D eigenvalue weighted by atomic mass is 10.2. The summed E-state index contributed by atoms with van der Waals surface area (Å²) in [6.45, 7) is 0. The van der Waals surface area contributed by atoms with E-state index in [-0.39, 0.29) is 11.7 Å². The molecule has 0 fully saturated rings. The largest absolute Gasteiger partial charge is 0.497 e. The molecule has 0 saturated carbocycles. The fourth-order valence-electron chi connectivity index (χ4n) is 2.34. The van der Waals surface area contributed by atoms with E-state index in [1.807, 2.05) is 24.3 Å². The normalized spacial score (nSPS) is 10.4. The SMILES string of the molecule is COc1ccc(-c2nsc(SCC(=O)Nc3ccc(OC)cc3OC)n2)cc1. The fraction of sp³-hybridized carbons (Fsp3) is 0.211. The van der Waals surface area contributed by atoms with Gasteiger partial charge in [0.15, 0.2) is 10.2 Å². The number of nitrogens with zero attached hydrogens (tertiary/aromatic N) is 2. The van der Waals surface area contributed by atoms with Gasteiger partial charge in [-0.15, -0.1) is 0 Å². The van der Waals surface area contributed by atoms with Crippen molar-refractivity contribution in [2.45, 2.75) is 4.34 Å². The Bertz CT molecular complexity index is 945. The van der Waals surface area contributed by atoms with Crippen LogP contribution in [0.4, 0.5) is 5.69 Å². The molecule has 0 aliphatic heterocycles. The summed E-state index contributed by atoms with van der Waals surface area (Å²) in [6.07, 6.45) is 0. The number of carbonyl (C=O) groups excluding carboxylic acids is 1. The van der Waals surface area contributed by atoms with E-state index in [9.17, 15) is 4.79 Å². The van der Waals surface area contributed by atoms with Crippen molar-refractivity contribution in [1.82, 2.24) is 9.36 Å². The molecule has 0 radical (unpaired) electrons. The van der Waals surface area contributed by atoms with Gasteiger partial charge < -0.3 is 19.5 Å². The summed E-state index contributed by atoms with van der Waals surface area (Å²) >= 11 is 2.60. The molecule has 0 atom stereocenters. The summed E-state index contributed by atoms with van der Waals surface area (Å²) < 4.78 is 20.7. The number of hydrogen-bond acceptors (Lipinski definition) is 8. The molecule has 0 bridgehead atoms. The minimum Gasteiger partial charge on any atom is -0.497 e. The van der Waals surface area contributed by atoms with Crippen LogP contribution in [0.5, 0.6) is 17.2 Å². The first kappa shape index (κ1) is 20.0. The summed E-state index contributed by atoms with van der Waals surface area (Å²) in [5, 5.41) is 2.84. The summed E-state index contributed by atoms with van der Waals surface area (Å²) in [6, 6.07) is 12.7. The molecule has 9 heteroatoms. The van der Waals surface area contributed by atoms with E-state index in [1.54, 1.807) is 39.5 Å². The predicted octanol–water partition coefficient (Wildman–Crippen LogP) is 3.96. The van der Waals surface area contributed by atoms with E-state index in [0.717, 1.165) is 15.7 Å². The van der Waals surface area contributed by atoms with Gasteiger partial charge in [-0.3, -0.25) is 4.79 Å². The Hall–Kier alpha value is -2.78. The molecule has 146 valence electrons. The first-order chi connectivity index (χ1) is 13.6. The molecular weight excluding hydrogens is 398 g/mol. The highest BCUT2D eigenvalue weighted by molar-refractivity contribution is 8.01. The second-order valence-corrected chi connectivity index (χ2v) is 7.49. The Balaban J connectivity index is 1.58. The van der Waals surface area contributed by atoms with Crippen LogP contribution in [0.1, 0.15) is 0 Å². The minimum atomic E-state index is -0.158. The van der Waals surface area contributed by atoms with Crippen molar-refractivity contribution in [3.63, 3.8) is 0 Å². The van der Waals surface area contributed by atoms with E-state index in [1.165, 1.54) is 23.3 Å². The third kappa shape index (κ3) is 4.93. The Kier molecular flexibility index (Phi) is 6.72. The molecule has 28 heavy (non-hydrogen) atoms. The molecule has 1 heterocycles. The molecule has 2 aromatic carbocycles. The summed E-state index contributed by atoms with van der Waals surface area (Å²) in [5.41, 5.74) is 1.49. The number of ether oxygens (including phenoxy) is 3. The lowest BCUT2D eigenvalue weighted by Crippen LogP contribution is -2.14. The average molecular weight is 418 g/mol. The number of rotatable bonds is 8. The zero-order valence-electron chi connectivity index (χ0n) is 15.6. The minimum absolute atomic E-state index is 0.158. The fourth-order valence-corrected chi connectivity index (χ4v) is 3.76. The zero-order chi connectivity index (χ0) is 19.9. The van der Waals surface area contributed by atoms with Crippen LogP contribution in [0, 0.1) is 0 Å². The van der Waals surface area contributed by atoms with Gasteiger partial charge in [-0.1, -0.05) is 11.8 Å². The molecule has 0 spiro atoms. The maximum Gasteiger partial charge on any atom is 0.234 e.